The van der Waals surface area contributed by atoms with Gasteiger partial charge in [-0.15, -0.1) is 0 Å². The van der Waals surface area contributed by atoms with Gasteiger partial charge in [0.2, 0.25) is 0 Å². The molecule has 1 aliphatic rings. The summed E-state index contributed by atoms with van der Waals surface area (Å²) in [6.07, 6.45) is 3.50. The van der Waals surface area contributed by atoms with E-state index in [2.05, 4.69) is 14.7 Å². The molecule has 1 N–H and O–H groups in total. The van der Waals surface area contributed by atoms with Crippen LogP contribution in [0.2, 0.25) is 0 Å². The maximum absolute atomic E-state index is 11.9. The first-order valence-electron chi connectivity index (χ1n) is 5.71. The minimum absolute atomic E-state index is 0.272. The van der Waals surface area contributed by atoms with Crippen LogP contribution in [0.1, 0.15) is 11.4 Å². The molecule has 1 aromatic heterocycles. The molecule has 0 unspecified atom stereocenters. The minimum Gasteiger partial charge on any atom is -0.336 e. The van der Waals surface area contributed by atoms with Crippen LogP contribution in [-0.2, 0) is 23.6 Å². The lowest BCUT2D eigenvalue weighted by atomic mass is 10.2. The second-order valence-electron chi connectivity index (χ2n) is 4.22. The molecule has 2 aromatic rings. The van der Waals surface area contributed by atoms with Crippen LogP contribution in [-0.4, -0.2) is 23.8 Å². The van der Waals surface area contributed by atoms with E-state index < -0.39 is 10.0 Å². The largest absolute Gasteiger partial charge is 0.336 e. The summed E-state index contributed by atoms with van der Waals surface area (Å²) < 4.78 is 28.1. The third kappa shape index (κ3) is 2.01. The summed E-state index contributed by atoms with van der Waals surface area (Å²) in [4.78, 5) is 8.73. The number of amidine groups is 1. The Morgan fingerprint density at radius 1 is 1.37 bits per heavy atom. The number of nitrogens with zero attached hydrogens (tertiary/aromatic N) is 3. The van der Waals surface area contributed by atoms with Crippen molar-refractivity contribution in [1.82, 2.24) is 14.3 Å². The molecule has 0 aliphatic carbocycles. The fourth-order valence-electron chi connectivity index (χ4n) is 1.95. The molecule has 0 radical (unpaired) electrons. The zero-order chi connectivity index (χ0) is 13.5. The van der Waals surface area contributed by atoms with E-state index >= 15 is 0 Å². The number of aromatic nitrogens is 2. The van der Waals surface area contributed by atoms with Crippen molar-refractivity contribution in [1.29, 1.82) is 0 Å². The van der Waals surface area contributed by atoms with Gasteiger partial charge >= 0.3 is 0 Å². The maximum Gasteiger partial charge on any atom is 0.263 e. The van der Waals surface area contributed by atoms with Crippen molar-refractivity contribution in [2.45, 2.75) is 11.4 Å². The number of aliphatic imine (C=N–C) groups is 1. The summed E-state index contributed by atoms with van der Waals surface area (Å²) in [7, 11) is -1.59. The van der Waals surface area contributed by atoms with Crippen molar-refractivity contribution in [3.63, 3.8) is 0 Å². The fourth-order valence-corrected chi connectivity index (χ4v) is 3.20. The minimum atomic E-state index is -3.46. The molecule has 1 aromatic carbocycles. The molecule has 19 heavy (non-hydrogen) atoms. The van der Waals surface area contributed by atoms with Gasteiger partial charge in [0.05, 0.1) is 11.4 Å². The topological polar surface area (TPSA) is 76.3 Å². The van der Waals surface area contributed by atoms with Crippen molar-refractivity contribution in [2.24, 2.45) is 12.0 Å². The van der Waals surface area contributed by atoms with E-state index in [0.29, 0.717) is 17.9 Å². The molecule has 1 aliphatic heterocycles. The number of rotatable bonds is 2. The molecule has 0 saturated heterocycles. The van der Waals surface area contributed by atoms with Crippen LogP contribution in [0, 0.1) is 0 Å². The number of hydrogen-bond acceptors (Lipinski definition) is 4. The molecule has 0 fully saturated rings. The molecule has 6 nitrogen and oxygen atoms in total. The van der Waals surface area contributed by atoms with Gasteiger partial charge in [-0.1, -0.05) is 12.1 Å². The first-order chi connectivity index (χ1) is 9.08. The number of fused-ring (bicyclic) bond motifs is 1. The van der Waals surface area contributed by atoms with Gasteiger partial charge in [-0.3, -0.25) is 9.71 Å². The zero-order valence-electron chi connectivity index (χ0n) is 10.2. The van der Waals surface area contributed by atoms with Gasteiger partial charge < -0.3 is 4.57 Å². The Hall–Kier alpha value is -2.15. The van der Waals surface area contributed by atoms with Crippen molar-refractivity contribution >= 4 is 15.9 Å². The highest BCUT2D eigenvalue weighted by Gasteiger charge is 2.29. The predicted molar refractivity (Wildman–Crippen MR) is 70.2 cm³/mol. The average molecular weight is 276 g/mol. The number of sulfonamides is 1. The molecule has 0 spiro atoms. The summed E-state index contributed by atoms with van der Waals surface area (Å²) in [5.41, 5.74) is 0.608. The summed E-state index contributed by atoms with van der Waals surface area (Å²) >= 11 is 0. The molecule has 0 saturated carbocycles. The summed E-state index contributed by atoms with van der Waals surface area (Å²) in [6, 6.07) is 6.79. The van der Waals surface area contributed by atoms with E-state index in [1.807, 2.05) is 17.8 Å². The van der Waals surface area contributed by atoms with Crippen LogP contribution < -0.4 is 4.72 Å². The monoisotopic (exact) mass is 276 g/mol. The Morgan fingerprint density at radius 2 is 2.16 bits per heavy atom. The standard InChI is InChI=1S/C12H12N4O2S/c1-16-7-6-13-11(16)8-14-12-9-4-2-3-5-10(9)19(17,18)15-12/h2-7H,8H2,1H3,(H,14,15). The van der Waals surface area contributed by atoms with Crippen LogP contribution >= 0.6 is 0 Å². The van der Waals surface area contributed by atoms with Crippen molar-refractivity contribution in [2.75, 3.05) is 0 Å². The summed E-state index contributed by atoms with van der Waals surface area (Å²) in [5.74, 6) is 1.15. The van der Waals surface area contributed by atoms with E-state index in [4.69, 9.17) is 0 Å². The van der Waals surface area contributed by atoms with Gasteiger partial charge in [0.25, 0.3) is 10.0 Å². The number of hydrogen-bond donors (Lipinski definition) is 1. The third-order valence-electron chi connectivity index (χ3n) is 2.96. The lowest BCUT2D eigenvalue weighted by Crippen LogP contribution is -2.22. The molecule has 7 heteroatoms. The first-order valence-corrected chi connectivity index (χ1v) is 7.19. The van der Waals surface area contributed by atoms with Gasteiger partial charge in [-0.25, -0.2) is 13.4 Å². The van der Waals surface area contributed by atoms with Gasteiger partial charge in [0.1, 0.15) is 11.7 Å². The molecule has 0 amide bonds. The van der Waals surface area contributed by atoms with E-state index in [1.54, 1.807) is 30.5 Å². The average Bonchev–Trinajstić information content (AvgIpc) is 2.90. The normalized spacial score (nSPS) is 18.3. The van der Waals surface area contributed by atoms with Gasteiger partial charge in [0, 0.05) is 25.0 Å². The highest BCUT2D eigenvalue weighted by molar-refractivity contribution is 7.90. The Morgan fingerprint density at radius 3 is 2.89 bits per heavy atom. The van der Waals surface area contributed by atoms with Crippen LogP contribution in [0.4, 0.5) is 0 Å². The quantitative estimate of drug-likeness (QED) is 0.875. The number of nitrogens with one attached hydrogen (secondary N) is 1. The van der Waals surface area contributed by atoms with Gasteiger partial charge in [0.15, 0.2) is 0 Å². The predicted octanol–water partition coefficient (Wildman–Crippen LogP) is 0.659. The van der Waals surface area contributed by atoms with Crippen LogP contribution in [0.25, 0.3) is 0 Å². The summed E-state index contributed by atoms with van der Waals surface area (Å²) in [6.45, 7) is 0.329. The van der Waals surface area contributed by atoms with E-state index in [-0.39, 0.29) is 4.90 Å². The van der Waals surface area contributed by atoms with Gasteiger partial charge in [-0.05, 0) is 12.1 Å². The highest BCUT2D eigenvalue weighted by Crippen LogP contribution is 2.22. The SMILES string of the molecule is Cn1ccnc1CN=C1NS(=O)(=O)c2ccccc21. The molecule has 0 atom stereocenters. The van der Waals surface area contributed by atoms with Crippen molar-refractivity contribution < 1.29 is 8.42 Å². The molecular formula is C12H12N4O2S. The number of aryl methyl sites for hydroxylation is 1. The Kier molecular flexibility index (Phi) is 2.63. The second kappa shape index (κ2) is 4.20. The van der Waals surface area contributed by atoms with E-state index in [0.717, 1.165) is 5.82 Å². The van der Waals surface area contributed by atoms with Crippen LogP contribution in [0.3, 0.4) is 0 Å². The van der Waals surface area contributed by atoms with Crippen LogP contribution in [0.5, 0.6) is 0 Å². The van der Waals surface area contributed by atoms with E-state index in [1.165, 1.54) is 0 Å². The number of benzene rings is 1. The highest BCUT2D eigenvalue weighted by atomic mass is 32.2. The van der Waals surface area contributed by atoms with Crippen molar-refractivity contribution in [3.8, 4) is 0 Å². The van der Waals surface area contributed by atoms with E-state index in [9.17, 15) is 8.42 Å². The Balaban J connectivity index is 1.98. The smallest absolute Gasteiger partial charge is 0.263 e. The molecule has 3 rings (SSSR count). The molecule has 2 heterocycles. The van der Waals surface area contributed by atoms with Gasteiger partial charge in [-0.2, -0.15) is 0 Å². The molecular weight excluding hydrogens is 264 g/mol. The summed E-state index contributed by atoms with van der Waals surface area (Å²) in [5, 5.41) is 0. The maximum atomic E-state index is 11.9. The molecule has 98 valence electrons. The first kappa shape index (κ1) is 11.9. The Bertz CT molecular complexity index is 762. The third-order valence-corrected chi connectivity index (χ3v) is 4.36. The fraction of sp³-hybridized carbons (Fsp3) is 0.167. The zero-order valence-corrected chi connectivity index (χ0v) is 11.1. The Labute approximate surface area is 110 Å². The lowest BCUT2D eigenvalue weighted by molar-refractivity contribution is 0.595. The number of imidazole rings is 1. The lowest BCUT2D eigenvalue weighted by Gasteiger charge is -2.00. The molecule has 0 bridgehead atoms. The second-order valence-corrected chi connectivity index (χ2v) is 5.87. The van der Waals surface area contributed by atoms with Crippen molar-refractivity contribution in [3.05, 3.63) is 48.0 Å². The van der Waals surface area contributed by atoms with Crippen LogP contribution in [0.15, 0.2) is 46.5 Å².